The molecule has 0 fully saturated rings. The van der Waals surface area contributed by atoms with Gasteiger partial charge in [-0.15, -0.1) is 0 Å². The zero-order chi connectivity index (χ0) is 71.9. The summed E-state index contributed by atoms with van der Waals surface area (Å²) in [6.45, 7) is 21.7. The summed E-state index contributed by atoms with van der Waals surface area (Å²) in [6.07, 6.45) is 3.88. The molecule has 0 aliphatic carbocycles. The fourth-order valence-corrected chi connectivity index (χ4v) is 14.8. The van der Waals surface area contributed by atoms with E-state index >= 15 is 0 Å². The van der Waals surface area contributed by atoms with Crippen molar-refractivity contribution in [2.24, 2.45) is 56.4 Å². The molecule has 9 aromatic heterocycles. The summed E-state index contributed by atoms with van der Waals surface area (Å²) in [7, 11) is 16.8. The number of aryl methyl sites for hydroxylation is 14. The van der Waals surface area contributed by atoms with Gasteiger partial charge in [-0.2, -0.15) is 13.7 Å². The fourth-order valence-electron chi connectivity index (χ4n) is 14.8. The van der Waals surface area contributed by atoms with Gasteiger partial charge in [0.25, 0.3) is 5.69 Å². The quantitative estimate of drug-likeness (QED) is 0.142. The highest BCUT2D eigenvalue weighted by Gasteiger charge is 2.29. The molecule has 0 unspecified atom stereocenters. The Morgan fingerprint density at radius 1 is 0.304 bits per heavy atom. The van der Waals surface area contributed by atoms with E-state index in [-0.39, 0.29) is 0 Å². The summed E-state index contributed by atoms with van der Waals surface area (Å²) < 4.78 is 17.7. The minimum absolute atomic E-state index is 0.774. The van der Waals surface area contributed by atoms with Gasteiger partial charge in [0, 0.05) is 126 Å². The number of nitrogens with zero attached hydrogens (tertiary/aromatic N) is 12. The number of benzene rings is 7. The fraction of sp³-hybridized carbons (Fsp3) is 0.200. The van der Waals surface area contributed by atoms with E-state index < -0.39 is 0 Å². The maximum absolute atomic E-state index is 5.03. The lowest BCUT2D eigenvalue weighted by molar-refractivity contribution is -0.660. The smallest absolute Gasteiger partial charge is 0.251 e. The van der Waals surface area contributed by atoms with Gasteiger partial charge in [0.1, 0.15) is 28.2 Å². The molecule has 0 radical (unpaired) electrons. The van der Waals surface area contributed by atoms with Crippen LogP contribution in [0.25, 0.3) is 135 Å². The third kappa shape index (κ3) is 13.0. The third-order valence-electron chi connectivity index (χ3n) is 20.5. The SMILES string of the molecule is Cc1c(-c2cc3ccccc3n2C)cccc1-c1cccc[n+]1C.Cc1ccc2c(c1)nc(-c1c(C)cc(C)c(-c3cc(C)c(C)cc3C)[n+]1C)n2C.Cc1ccc2nc(-c3cccc(-c4ccccc4C)[n+]3C)n(C)c2c1.Cc1ccccc1-c1cccc(-c2nc3ncccc3n2C)[n+]1C. The average molecular weight is 1340 g/mol. The summed E-state index contributed by atoms with van der Waals surface area (Å²) in [6, 6.07) is 77.2. The minimum atomic E-state index is 0.774. The normalized spacial score (nSPS) is 11.2. The Labute approximate surface area is 600 Å². The Kier molecular flexibility index (Phi) is 19.2. The van der Waals surface area contributed by atoms with Gasteiger partial charge in [-0.3, -0.25) is 0 Å². The first-order valence-electron chi connectivity index (χ1n) is 35.0. The lowest BCUT2D eigenvalue weighted by Crippen LogP contribution is -2.36. The van der Waals surface area contributed by atoms with Crippen LogP contribution < -0.4 is 18.3 Å². The largest absolute Gasteiger partial charge is 0.344 e. The van der Waals surface area contributed by atoms with E-state index in [0.717, 1.165) is 62.1 Å². The van der Waals surface area contributed by atoms with Gasteiger partial charge in [-0.05, 0) is 211 Å². The van der Waals surface area contributed by atoms with Gasteiger partial charge in [-0.25, -0.2) is 24.5 Å². The summed E-state index contributed by atoms with van der Waals surface area (Å²) in [5.74, 6) is 2.91. The molecule has 0 atom stereocenters. The van der Waals surface area contributed by atoms with E-state index in [4.69, 9.17) is 15.0 Å². The molecule has 0 aliphatic rings. The Morgan fingerprint density at radius 3 is 1.49 bits per heavy atom. The topological polar surface area (TPSA) is 86.8 Å². The van der Waals surface area contributed by atoms with Crippen LogP contribution in [0.3, 0.4) is 0 Å². The molecule has 0 saturated carbocycles. The second-order valence-corrected chi connectivity index (χ2v) is 27.5. The van der Waals surface area contributed by atoms with Crippen molar-refractivity contribution < 1.29 is 18.3 Å². The molecule has 12 heteroatoms. The van der Waals surface area contributed by atoms with Crippen molar-refractivity contribution >= 4 is 44.1 Å². The Morgan fingerprint density at radius 2 is 0.824 bits per heavy atom. The molecule has 0 bridgehead atoms. The Hall–Kier alpha value is -11.8. The number of aromatic nitrogens is 12. The molecule has 12 nitrogen and oxygen atoms in total. The molecule has 0 amide bonds. The molecule has 0 aliphatic heterocycles. The first-order chi connectivity index (χ1) is 49.1. The van der Waals surface area contributed by atoms with Crippen molar-refractivity contribution in [1.82, 2.24) is 38.2 Å². The van der Waals surface area contributed by atoms with Gasteiger partial charge in [-0.1, -0.05) is 84.9 Å². The minimum Gasteiger partial charge on any atom is -0.344 e. The number of imidazole rings is 3. The molecule has 9 heterocycles. The first-order valence-corrected chi connectivity index (χ1v) is 35.0. The molecule has 0 saturated heterocycles. The Bertz CT molecular complexity index is 5720. The number of rotatable bonds is 8. The van der Waals surface area contributed by atoms with E-state index in [1.165, 1.54) is 129 Å². The second-order valence-electron chi connectivity index (χ2n) is 27.5. The van der Waals surface area contributed by atoms with Crippen LogP contribution in [0.2, 0.25) is 0 Å². The lowest BCUT2D eigenvalue weighted by Gasteiger charge is -2.14. The zero-order valence-corrected chi connectivity index (χ0v) is 62.3. The molecular formula is C90H92N12+4. The van der Waals surface area contributed by atoms with Crippen molar-refractivity contribution in [3.05, 3.63) is 286 Å². The lowest BCUT2D eigenvalue weighted by atomic mass is 9.95. The molecule has 508 valence electrons. The van der Waals surface area contributed by atoms with E-state index in [1.54, 1.807) is 6.20 Å². The number of para-hydroxylation sites is 1. The molecule has 7 aromatic carbocycles. The Balaban J connectivity index is 0.000000122. The first kappa shape index (κ1) is 68.8. The van der Waals surface area contributed by atoms with Gasteiger partial charge in [0.05, 0.1) is 27.6 Å². The highest BCUT2D eigenvalue weighted by atomic mass is 15.1. The van der Waals surface area contributed by atoms with Crippen LogP contribution in [0.4, 0.5) is 0 Å². The maximum Gasteiger partial charge on any atom is 0.251 e. The van der Waals surface area contributed by atoms with Crippen molar-refractivity contribution in [1.29, 1.82) is 0 Å². The van der Waals surface area contributed by atoms with Crippen molar-refractivity contribution in [2.45, 2.75) is 69.2 Å². The van der Waals surface area contributed by atoms with E-state index in [0.29, 0.717) is 0 Å². The molecule has 0 N–H and O–H groups in total. The number of pyridine rings is 5. The summed E-state index contributed by atoms with van der Waals surface area (Å²) in [5, 5.41) is 1.28. The standard InChI is InChI=1S/C26H30N3.C22H22N3.C22H21N2.C20H19N4/c1-15-9-10-23-22(11-15)27-26(28(23)7)25-20(6)13-19(5)24(29(25)8)21-14-17(3)16(2)12-18(21)4;1-15-12-13-18-21(14-15)25(4)22(23-18)20-11-7-10-19(24(20)3)17-9-6-5-8-16(17)2;1-16-18(21-13-6-7-14-23(21)2)10-8-11-19(16)22-15-17-9-4-5-12-20(17)24(22)3;1-14-8-4-5-9-15(14)16-10-6-11-18(23(16)2)20-22-19-17(24(20)3)12-7-13-21-19/h9-14H,1-8H3;5-14H,1-4H3;4-15H,1-3H3;4-13H,1-3H3/q4*+1. The van der Waals surface area contributed by atoms with Crippen LogP contribution in [0.15, 0.2) is 231 Å². The van der Waals surface area contributed by atoms with E-state index in [1.807, 2.05) is 19.2 Å². The number of fused-ring (bicyclic) bond motifs is 4. The molecule has 0 spiro atoms. The van der Waals surface area contributed by atoms with Gasteiger partial charge in [0.15, 0.2) is 11.8 Å². The predicted octanol–water partition coefficient (Wildman–Crippen LogP) is 18.0. The monoisotopic (exact) mass is 1340 g/mol. The predicted molar refractivity (Wildman–Crippen MR) is 418 cm³/mol. The highest BCUT2D eigenvalue weighted by molar-refractivity contribution is 5.89. The summed E-state index contributed by atoms with van der Waals surface area (Å²) >= 11 is 0. The molecule has 102 heavy (non-hydrogen) atoms. The van der Waals surface area contributed by atoms with Crippen LogP contribution in [-0.4, -0.2) is 38.2 Å². The zero-order valence-electron chi connectivity index (χ0n) is 62.3. The number of hydrogen-bond donors (Lipinski definition) is 0. The van der Waals surface area contributed by atoms with Crippen LogP contribution in [-0.2, 0) is 56.4 Å². The van der Waals surface area contributed by atoms with Gasteiger partial charge in [0.2, 0.25) is 51.6 Å². The second kappa shape index (κ2) is 28.5. The van der Waals surface area contributed by atoms with Crippen LogP contribution >= 0.6 is 0 Å². The molecule has 16 aromatic rings. The van der Waals surface area contributed by atoms with E-state index in [9.17, 15) is 0 Å². The maximum atomic E-state index is 5.03. The highest BCUT2D eigenvalue weighted by Crippen LogP contribution is 2.36. The van der Waals surface area contributed by atoms with Crippen LogP contribution in [0.5, 0.6) is 0 Å². The van der Waals surface area contributed by atoms with Crippen LogP contribution in [0.1, 0.15) is 55.6 Å². The average Bonchev–Trinajstić information content (AvgIpc) is 1.52. The van der Waals surface area contributed by atoms with Crippen molar-refractivity contribution in [3.8, 4) is 90.8 Å². The van der Waals surface area contributed by atoms with Gasteiger partial charge < -0.3 is 18.3 Å². The van der Waals surface area contributed by atoms with Gasteiger partial charge >= 0.3 is 0 Å². The molecule has 16 rings (SSSR count). The van der Waals surface area contributed by atoms with Crippen molar-refractivity contribution in [3.63, 3.8) is 0 Å². The summed E-state index contributed by atoms with van der Waals surface area (Å²) in [4.78, 5) is 19.0. The summed E-state index contributed by atoms with van der Waals surface area (Å²) in [5.41, 5.74) is 36.1. The van der Waals surface area contributed by atoms with Crippen LogP contribution in [0, 0.1) is 69.2 Å². The number of hydrogen-bond acceptors (Lipinski definition) is 4. The molecular weight excluding hydrogens is 1250 g/mol. The van der Waals surface area contributed by atoms with Crippen molar-refractivity contribution in [2.75, 3.05) is 0 Å². The third-order valence-corrected chi connectivity index (χ3v) is 20.5. The van der Waals surface area contributed by atoms with E-state index in [2.05, 4.69) is 373 Å².